The summed E-state index contributed by atoms with van der Waals surface area (Å²) in [6, 6.07) is 0. The van der Waals surface area contributed by atoms with Gasteiger partial charge in [-0.1, -0.05) is 0 Å². The Morgan fingerprint density at radius 1 is 0.356 bits per heavy atom. The molecule has 2 N–H and O–H groups in total. The summed E-state index contributed by atoms with van der Waals surface area (Å²) in [5, 5.41) is 19.3. The SMILES string of the molecule is COCCOCCOCCOCCOCCOCCC(CCOCCOCCOCCOCCOCCOC)(C(=O)O)C(=O)O. The van der Waals surface area contributed by atoms with Crippen molar-refractivity contribution in [1.82, 2.24) is 0 Å². The van der Waals surface area contributed by atoms with Crippen molar-refractivity contribution in [3.05, 3.63) is 0 Å². The first kappa shape index (κ1) is 43.5. The summed E-state index contributed by atoms with van der Waals surface area (Å²) in [7, 11) is 3.23. The van der Waals surface area contributed by atoms with E-state index in [4.69, 9.17) is 56.8 Å². The zero-order valence-corrected chi connectivity index (χ0v) is 27.1. The van der Waals surface area contributed by atoms with E-state index < -0.39 is 17.4 Å². The first-order chi connectivity index (χ1) is 22.0. The van der Waals surface area contributed by atoms with Crippen molar-refractivity contribution in [2.45, 2.75) is 12.8 Å². The lowest BCUT2D eigenvalue weighted by molar-refractivity contribution is -0.168. The molecule has 0 aromatic rings. The summed E-state index contributed by atoms with van der Waals surface area (Å²) in [5.41, 5.74) is -2.01. The van der Waals surface area contributed by atoms with Crippen molar-refractivity contribution in [2.75, 3.05) is 160 Å². The molecule has 45 heavy (non-hydrogen) atoms. The van der Waals surface area contributed by atoms with Gasteiger partial charge in [0.2, 0.25) is 0 Å². The van der Waals surface area contributed by atoms with Gasteiger partial charge in [0, 0.05) is 27.4 Å². The maximum atomic E-state index is 11.9. The lowest BCUT2D eigenvalue weighted by Crippen LogP contribution is -2.41. The molecule has 0 aromatic heterocycles. The molecule has 0 saturated heterocycles. The standard InChI is InChI=1S/C29H56O16/c1-34-7-9-38-15-17-42-23-25-44-21-19-40-13-11-36-5-3-29(27(30)31,28(32)33)4-6-37-12-14-41-20-22-45-26-24-43-18-16-39-10-8-35-2/h3-26H2,1-2H3,(H,30,31)(H,32,33). The maximum Gasteiger partial charge on any atom is 0.321 e. The number of hydrogen-bond acceptors (Lipinski definition) is 14. The van der Waals surface area contributed by atoms with Gasteiger partial charge in [-0.2, -0.15) is 0 Å². The van der Waals surface area contributed by atoms with Gasteiger partial charge in [0.05, 0.1) is 132 Å². The van der Waals surface area contributed by atoms with Crippen molar-refractivity contribution < 1.29 is 76.6 Å². The van der Waals surface area contributed by atoms with Crippen LogP contribution >= 0.6 is 0 Å². The van der Waals surface area contributed by atoms with Crippen molar-refractivity contribution in [3.8, 4) is 0 Å². The van der Waals surface area contributed by atoms with Crippen LogP contribution in [0.3, 0.4) is 0 Å². The van der Waals surface area contributed by atoms with Crippen LogP contribution in [0.25, 0.3) is 0 Å². The molecule has 0 amide bonds. The minimum absolute atomic E-state index is 0.0543. The predicted octanol–water partition coefficient (Wildman–Crippen LogP) is 0.381. The molecule has 268 valence electrons. The first-order valence-electron chi connectivity index (χ1n) is 15.2. The van der Waals surface area contributed by atoms with Gasteiger partial charge in [0.25, 0.3) is 0 Å². The molecule has 0 aliphatic rings. The van der Waals surface area contributed by atoms with Crippen molar-refractivity contribution in [2.24, 2.45) is 5.41 Å². The number of carbonyl (C=O) groups is 2. The van der Waals surface area contributed by atoms with E-state index in [1.807, 2.05) is 0 Å². The van der Waals surface area contributed by atoms with Gasteiger partial charge in [0.1, 0.15) is 0 Å². The summed E-state index contributed by atoms with van der Waals surface area (Å²) < 4.78 is 63.4. The van der Waals surface area contributed by atoms with Crippen LogP contribution < -0.4 is 0 Å². The van der Waals surface area contributed by atoms with Crippen LogP contribution in [0.2, 0.25) is 0 Å². The molecule has 0 spiro atoms. The smallest absolute Gasteiger partial charge is 0.321 e. The van der Waals surface area contributed by atoms with E-state index in [1.165, 1.54) is 0 Å². The van der Waals surface area contributed by atoms with Crippen LogP contribution in [-0.4, -0.2) is 182 Å². The van der Waals surface area contributed by atoms with E-state index >= 15 is 0 Å². The van der Waals surface area contributed by atoms with E-state index in [1.54, 1.807) is 14.2 Å². The highest BCUT2D eigenvalue weighted by molar-refractivity contribution is 5.98. The average Bonchev–Trinajstić information content (AvgIpc) is 3.02. The highest BCUT2D eigenvalue weighted by Crippen LogP contribution is 2.28. The van der Waals surface area contributed by atoms with Crippen LogP contribution in [0, 0.1) is 5.41 Å². The molecule has 0 aliphatic heterocycles. The minimum atomic E-state index is -2.01. The number of carboxylic acids is 2. The molecule has 0 fully saturated rings. The summed E-state index contributed by atoms with van der Waals surface area (Å²) in [4.78, 5) is 23.7. The second kappa shape index (κ2) is 33.8. The summed E-state index contributed by atoms with van der Waals surface area (Å²) in [5.74, 6) is -2.87. The lowest BCUT2D eigenvalue weighted by Gasteiger charge is -2.24. The number of aliphatic carboxylic acids is 2. The van der Waals surface area contributed by atoms with Crippen LogP contribution in [0.1, 0.15) is 12.8 Å². The molecule has 0 atom stereocenters. The van der Waals surface area contributed by atoms with Gasteiger partial charge < -0.3 is 67.1 Å². The third-order valence-electron chi connectivity index (χ3n) is 6.00. The van der Waals surface area contributed by atoms with E-state index in [-0.39, 0.29) is 52.5 Å². The third-order valence-corrected chi connectivity index (χ3v) is 6.00. The van der Waals surface area contributed by atoms with Crippen LogP contribution in [0.4, 0.5) is 0 Å². The van der Waals surface area contributed by atoms with Crippen LogP contribution in [-0.2, 0) is 66.4 Å². The quantitative estimate of drug-likeness (QED) is 0.0683. The molecule has 0 heterocycles. The Balaban J connectivity index is 3.74. The van der Waals surface area contributed by atoms with Gasteiger partial charge in [-0.3, -0.25) is 9.59 Å². The van der Waals surface area contributed by atoms with Gasteiger partial charge >= 0.3 is 11.9 Å². The molecule has 0 saturated carbocycles. The fourth-order valence-corrected chi connectivity index (χ4v) is 3.38. The van der Waals surface area contributed by atoms with Gasteiger partial charge in [-0.25, -0.2) is 0 Å². The predicted molar refractivity (Wildman–Crippen MR) is 159 cm³/mol. The van der Waals surface area contributed by atoms with E-state index in [2.05, 4.69) is 0 Å². The number of carboxylic acid groups (broad SMARTS) is 2. The number of hydrogen-bond donors (Lipinski definition) is 2. The fraction of sp³-hybridized carbons (Fsp3) is 0.931. The van der Waals surface area contributed by atoms with Gasteiger partial charge in [-0.15, -0.1) is 0 Å². The fourth-order valence-electron chi connectivity index (χ4n) is 3.38. The Hall–Kier alpha value is -1.54. The summed E-state index contributed by atoms with van der Waals surface area (Å²) in [6.07, 6.45) is -0.417. The number of ether oxygens (including phenoxy) is 12. The molecule has 0 aromatic carbocycles. The van der Waals surface area contributed by atoms with E-state index in [0.29, 0.717) is 106 Å². The average molecular weight is 661 g/mol. The summed E-state index contributed by atoms with van der Waals surface area (Å²) >= 11 is 0. The zero-order valence-electron chi connectivity index (χ0n) is 27.1. The van der Waals surface area contributed by atoms with E-state index in [0.717, 1.165) is 0 Å². The molecule has 0 unspecified atom stereocenters. The highest BCUT2D eigenvalue weighted by atomic mass is 16.6. The first-order valence-corrected chi connectivity index (χ1v) is 15.2. The van der Waals surface area contributed by atoms with Crippen molar-refractivity contribution in [3.63, 3.8) is 0 Å². The zero-order chi connectivity index (χ0) is 33.1. The molecular formula is C29H56O16. The van der Waals surface area contributed by atoms with Gasteiger partial charge in [-0.05, 0) is 12.8 Å². The largest absolute Gasteiger partial charge is 0.480 e. The molecule has 0 rings (SSSR count). The van der Waals surface area contributed by atoms with E-state index in [9.17, 15) is 19.8 Å². The topological polar surface area (TPSA) is 185 Å². The monoisotopic (exact) mass is 660 g/mol. The maximum absolute atomic E-state index is 11.9. The Labute approximate surface area is 266 Å². The number of methoxy groups -OCH3 is 2. The van der Waals surface area contributed by atoms with Crippen molar-refractivity contribution in [1.29, 1.82) is 0 Å². The van der Waals surface area contributed by atoms with Crippen LogP contribution in [0.15, 0.2) is 0 Å². The second-order valence-corrected chi connectivity index (χ2v) is 9.30. The normalized spacial score (nSPS) is 11.8. The number of rotatable bonds is 38. The Morgan fingerprint density at radius 2 is 0.533 bits per heavy atom. The third kappa shape index (κ3) is 27.3. The van der Waals surface area contributed by atoms with Crippen LogP contribution in [0.5, 0.6) is 0 Å². The Morgan fingerprint density at radius 3 is 0.711 bits per heavy atom. The Bertz CT molecular complexity index is 600. The lowest BCUT2D eigenvalue weighted by atomic mass is 9.81. The summed E-state index contributed by atoms with van der Waals surface area (Å²) in [6.45, 7) is 8.18. The molecule has 16 heteroatoms. The highest BCUT2D eigenvalue weighted by Gasteiger charge is 2.46. The molecule has 16 nitrogen and oxygen atoms in total. The second-order valence-electron chi connectivity index (χ2n) is 9.30. The minimum Gasteiger partial charge on any atom is -0.480 e. The molecular weight excluding hydrogens is 604 g/mol. The molecule has 0 radical (unpaired) electrons. The molecule has 0 bridgehead atoms. The van der Waals surface area contributed by atoms with Crippen molar-refractivity contribution >= 4 is 11.9 Å². The Kier molecular flexibility index (Phi) is 32.7. The molecule has 0 aliphatic carbocycles. The van der Waals surface area contributed by atoms with Gasteiger partial charge in [0.15, 0.2) is 5.41 Å².